The quantitative estimate of drug-likeness (QED) is 0.332. The first kappa shape index (κ1) is 22.4. The highest BCUT2D eigenvalue weighted by Gasteiger charge is 2.15. The van der Waals surface area contributed by atoms with Crippen LogP contribution in [0.5, 0.6) is 0 Å². The number of carbonyl (C=O) groups is 1. The van der Waals surface area contributed by atoms with Gasteiger partial charge < -0.3 is 10.2 Å². The standard InChI is InChI=1S/C20H40O3/c1-18(2)14-12-10-8-6-4-3-5-7-9-11-13-15-19(16-17-21)20(22)23/h18-19,21H,3-17H2,1-2H3,(H,22,23). The molecule has 0 fully saturated rings. The second kappa shape index (κ2) is 16.3. The summed E-state index contributed by atoms with van der Waals surface area (Å²) in [7, 11) is 0. The van der Waals surface area contributed by atoms with E-state index in [9.17, 15) is 4.79 Å². The molecule has 0 bridgehead atoms. The first-order valence-corrected chi connectivity index (χ1v) is 9.91. The third kappa shape index (κ3) is 16.1. The van der Waals surface area contributed by atoms with Gasteiger partial charge >= 0.3 is 5.97 Å². The molecule has 1 atom stereocenters. The molecular weight excluding hydrogens is 288 g/mol. The number of hydrogen-bond acceptors (Lipinski definition) is 2. The van der Waals surface area contributed by atoms with Crippen molar-refractivity contribution < 1.29 is 15.0 Å². The number of unbranched alkanes of at least 4 members (excludes halogenated alkanes) is 10. The van der Waals surface area contributed by atoms with Crippen molar-refractivity contribution in [2.24, 2.45) is 11.8 Å². The van der Waals surface area contributed by atoms with Crippen molar-refractivity contribution in [1.29, 1.82) is 0 Å². The second-order valence-corrected chi connectivity index (χ2v) is 7.41. The van der Waals surface area contributed by atoms with E-state index in [1.54, 1.807) is 0 Å². The molecule has 0 aliphatic carbocycles. The zero-order valence-electron chi connectivity index (χ0n) is 15.6. The summed E-state index contributed by atoms with van der Waals surface area (Å²) in [6.45, 7) is 4.58. The Kier molecular flexibility index (Phi) is 15.9. The molecule has 0 saturated carbocycles. The van der Waals surface area contributed by atoms with Gasteiger partial charge in [0.05, 0.1) is 5.92 Å². The first-order chi connectivity index (χ1) is 11.1. The molecule has 0 saturated heterocycles. The lowest BCUT2D eigenvalue weighted by Gasteiger charge is -2.10. The summed E-state index contributed by atoms with van der Waals surface area (Å²) in [6, 6.07) is 0. The van der Waals surface area contributed by atoms with Gasteiger partial charge in [0.15, 0.2) is 0 Å². The van der Waals surface area contributed by atoms with E-state index < -0.39 is 5.97 Å². The van der Waals surface area contributed by atoms with Crippen molar-refractivity contribution in [3.63, 3.8) is 0 Å². The van der Waals surface area contributed by atoms with Crippen molar-refractivity contribution in [3.8, 4) is 0 Å². The fourth-order valence-corrected chi connectivity index (χ4v) is 3.08. The molecule has 0 spiro atoms. The van der Waals surface area contributed by atoms with Crippen LogP contribution in [0.3, 0.4) is 0 Å². The fraction of sp³-hybridized carbons (Fsp3) is 0.950. The van der Waals surface area contributed by atoms with Gasteiger partial charge in [-0.15, -0.1) is 0 Å². The Labute approximate surface area is 143 Å². The molecule has 0 aliphatic heterocycles. The van der Waals surface area contributed by atoms with Gasteiger partial charge in [-0.1, -0.05) is 90.9 Å². The zero-order chi connectivity index (χ0) is 17.3. The molecule has 0 rings (SSSR count). The molecular formula is C20H40O3. The van der Waals surface area contributed by atoms with Crippen molar-refractivity contribution >= 4 is 5.97 Å². The molecule has 1 unspecified atom stereocenters. The van der Waals surface area contributed by atoms with Crippen LogP contribution < -0.4 is 0 Å². The Balaban J connectivity index is 3.23. The third-order valence-electron chi connectivity index (χ3n) is 4.66. The highest BCUT2D eigenvalue weighted by atomic mass is 16.4. The zero-order valence-corrected chi connectivity index (χ0v) is 15.6. The number of hydrogen-bond donors (Lipinski definition) is 2. The highest BCUT2D eigenvalue weighted by Crippen LogP contribution is 2.16. The van der Waals surface area contributed by atoms with Crippen LogP contribution in [-0.2, 0) is 4.79 Å². The summed E-state index contributed by atoms with van der Waals surface area (Å²) in [5, 5.41) is 17.8. The Bertz CT molecular complexity index is 264. The molecule has 3 heteroatoms. The topological polar surface area (TPSA) is 57.5 Å². The van der Waals surface area contributed by atoms with Crippen molar-refractivity contribution in [1.82, 2.24) is 0 Å². The van der Waals surface area contributed by atoms with Crippen LogP contribution in [-0.4, -0.2) is 22.8 Å². The maximum Gasteiger partial charge on any atom is 0.306 e. The molecule has 138 valence electrons. The van der Waals surface area contributed by atoms with Gasteiger partial charge in [0.25, 0.3) is 0 Å². The van der Waals surface area contributed by atoms with Gasteiger partial charge in [-0.25, -0.2) is 0 Å². The van der Waals surface area contributed by atoms with Crippen LogP contribution >= 0.6 is 0 Å². The maximum absolute atomic E-state index is 10.9. The van der Waals surface area contributed by atoms with Crippen LogP contribution in [0.15, 0.2) is 0 Å². The Morgan fingerprint density at radius 1 is 0.696 bits per heavy atom. The minimum absolute atomic E-state index is 0.0194. The first-order valence-electron chi connectivity index (χ1n) is 9.91. The lowest BCUT2D eigenvalue weighted by molar-refractivity contribution is -0.142. The lowest BCUT2D eigenvalue weighted by Crippen LogP contribution is -2.15. The molecule has 0 aromatic carbocycles. The normalized spacial score (nSPS) is 12.7. The van der Waals surface area contributed by atoms with Gasteiger partial charge in [-0.2, -0.15) is 0 Å². The summed E-state index contributed by atoms with van der Waals surface area (Å²) in [4.78, 5) is 10.9. The van der Waals surface area contributed by atoms with Crippen LogP contribution in [0, 0.1) is 11.8 Å². The molecule has 0 aliphatic rings. The van der Waals surface area contributed by atoms with E-state index in [-0.39, 0.29) is 12.5 Å². The van der Waals surface area contributed by atoms with Gasteiger partial charge in [-0.05, 0) is 18.8 Å². The van der Waals surface area contributed by atoms with E-state index in [0.29, 0.717) is 12.8 Å². The lowest BCUT2D eigenvalue weighted by atomic mass is 9.97. The van der Waals surface area contributed by atoms with Crippen LogP contribution in [0.25, 0.3) is 0 Å². The summed E-state index contributed by atoms with van der Waals surface area (Å²) < 4.78 is 0. The third-order valence-corrected chi connectivity index (χ3v) is 4.66. The van der Waals surface area contributed by atoms with E-state index >= 15 is 0 Å². The smallest absolute Gasteiger partial charge is 0.306 e. The highest BCUT2D eigenvalue weighted by molar-refractivity contribution is 5.69. The van der Waals surface area contributed by atoms with Crippen molar-refractivity contribution in [2.45, 2.75) is 104 Å². The van der Waals surface area contributed by atoms with Crippen LogP contribution in [0.1, 0.15) is 104 Å². The predicted octanol–water partition coefficient (Wildman–Crippen LogP) is 5.80. The Morgan fingerprint density at radius 2 is 1.09 bits per heavy atom. The van der Waals surface area contributed by atoms with Crippen LogP contribution in [0.4, 0.5) is 0 Å². The minimum Gasteiger partial charge on any atom is -0.481 e. The minimum atomic E-state index is -0.757. The van der Waals surface area contributed by atoms with Crippen molar-refractivity contribution in [3.05, 3.63) is 0 Å². The summed E-state index contributed by atoms with van der Waals surface area (Å²) in [5.41, 5.74) is 0. The number of rotatable bonds is 17. The average molecular weight is 329 g/mol. The van der Waals surface area contributed by atoms with Crippen LogP contribution in [0.2, 0.25) is 0 Å². The Hall–Kier alpha value is -0.570. The molecule has 3 nitrogen and oxygen atoms in total. The van der Waals surface area contributed by atoms with Crippen molar-refractivity contribution in [2.75, 3.05) is 6.61 Å². The number of carboxylic acids is 1. The molecule has 0 radical (unpaired) electrons. The molecule has 0 aromatic heterocycles. The molecule has 23 heavy (non-hydrogen) atoms. The number of aliphatic carboxylic acids is 1. The monoisotopic (exact) mass is 328 g/mol. The fourth-order valence-electron chi connectivity index (χ4n) is 3.08. The van der Waals surface area contributed by atoms with Gasteiger partial charge in [0.2, 0.25) is 0 Å². The van der Waals surface area contributed by atoms with Gasteiger partial charge in [-0.3, -0.25) is 4.79 Å². The molecule has 0 amide bonds. The number of carboxylic acid groups (broad SMARTS) is 1. The largest absolute Gasteiger partial charge is 0.481 e. The van der Waals surface area contributed by atoms with Gasteiger partial charge in [0.1, 0.15) is 0 Å². The maximum atomic E-state index is 10.9. The number of aliphatic hydroxyl groups is 1. The SMILES string of the molecule is CC(C)CCCCCCCCCCCCCC(CCO)C(=O)O. The van der Waals surface area contributed by atoms with E-state index in [1.165, 1.54) is 64.2 Å². The molecule has 2 N–H and O–H groups in total. The molecule has 0 heterocycles. The summed E-state index contributed by atoms with van der Waals surface area (Å²) in [5.74, 6) is -0.257. The van der Waals surface area contributed by atoms with E-state index in [2.05, 4.69) is 13.8 Å². The predicted molar refractivity (Wildman–Crippen MR) is 97.7 cm³/mol. The van der Waals surface area contributed by atoms with E-state index in [1.807, 2.05) is 0 Å². The summed E-state index contributed by atoms with van der Waals surface area (Å²) in [6.07, 6.45) is 16.7. The average Bonchev–Trinajstić information content (AvgIpc) is 2.50. The summed E-state index contributed by atoms with van der Waals surface area (Å²) >= 11 is 0. The van der Waals surface area contributed by atoms with E-state index in [4.69, 9.17) is 10.2 Å². The Morgan fingerprint density at radius 3 is 1.43 bits per heavy atom. The van der Waals surface area contributed by atoms with E-state index in [0.717, 1.165) is 18.8 Å². The number of aliphatic hydroxyl groups excluding tert-OH is 1. The second-order valence-electron chi connectivity index (χ2n) is 7.41. The van der Waals surface area contributed by atoms with Gasteiger partial charge in [0, 0.05) is 6.61 Å². The molecule has 0 aromatic rings.